The van der Waals surface area contributed by atoms with E-state index in [4.69, 9.17) is 0 Å². The van der Waals surface area contributed by atoms with Gasteiger partial charge in [0.2, 0.25) is 0 Å². The van der Waals surface area contributed by atoms with Crippen LogP contribution in [0.3, 0.4) is 0 Å². The zero-order valence-electron chi connectivity index (χ0n) is 13.1. The molecule has 0 aliphatic carbocycles. The maximum Gasteiger partial charge on any atom is 0.0569 e. The van der Waals surface area contributed by atoms with Crippen LogP contribution in [-0.2, 0) is 5.41 Å². The first-order chi connectivity index (χ1) is 10.0. The topological polar surface area (TPSA) is 42.7 Å². The number of hydrogen-bond donors (Lipinski definition) is 1. The number of hydrogen-bond acceptors (Lipinski definition) is 3. The zero-order valence-corrected chi connectivity index (χ0v) is 13.1. The van der Waals surface area contributed by atoms with E-state index in [1.54, 1.807) is 0 Å². The van der Waals surface area contributed by atoms with Gasteiger partial charge in [0.05, 0.1) is 12.2 Å². The number of pyridine rings is 1. The molecule has 1 N–H and O–H groups in total. The molecule has 0 bridgehead atoms. The van der Waals surface area contributed by atoms with Gasteiger partial charge in [0, 0.05) is 34.6 Å². The molecule has 0 atom stereocenters. The first kappa shape index (κ1) is 14.3. The summed E-state index contributed by atoms with van der Waals surface area (Å²) in [4.78, 5) is 4.60. The first-order valence-electron chi connectivity index (χ1n) is 7.76. The lowest BCUT2D eigenvalue weighted by molar-refractivity contribution is 0.343. The van der Waals surface area contributed by atoms with Crippen LogP contribution < -0.4 is 5.32 Å². The Morgan fingerprint density at radius 1 is 1.10 bits per heavy atom. The summed E-state index contributed by atoms with van der Waals surface area (Å²) in [6, 6.07) is 4.80. The quantitative estimate of drug-likeness (QED) is 0.921. The van der Waals surface area contributed by atoms with E-state index in [0.717, 1.165) is 42.8 Å². The fourth-order valence-corrected chi connectivity index (χ4v) is 2.77. The largest absolute Gasteiger partial charge is 0.317 e. The lowest BCUT2D eigenvalue weighted by atomic mass is 9.91. The molecule has 0 radical (unpaired) electrons. The van der Waals surface area contributed by atoms with E-state index < -0.39 is 0 Å². The fraction of sp³-hybridized carbons (Fsp3) is 0.529. The summed E-state index contributed by atoms with van der Waals surface area (Å²) in [6.45, 7) is 8.72. The molecule has 3 heterocycles. The van der Waals surface area contributed by atoms with Crippen molar-refractivity contribution in [3.63, 3.8) is 0 Å². The molecule has 0 saturated carbocycles. The van der Waals surface area contributed by atoms with Gasteiger partial charge in [-0.15, -0.1) is 0 Å². The van der Waals surface area contributed by atoms with Crippen LogP contribution in [0.15, 0.2) is 30.7 Å². The Kier molecular flexibility index (Phi) is 3.81. The highest BCUT2D eigenvalue weighted by molar-refractivity contribution is 5.60. The number of aromatic nitrogens is 3. The van der Waals surface area contributed by atoms with Crippen LogP contribution in [0, 0.1) is 0 Å². The second-order valence-electron chi connectivity index (χ2n) is 6.87. The standard InChI is InChI=1S/C17H24N4/c1-17(2,3)16-5-4-13(10-19-16)14-11-20-21(12-14)15-6-8-18-9-7-15/h4-5,10-12,15,18H,6-9H2,1-3H3. The van der Waals surface area contributed by atoms with Crippen molar-refractivity contribution in [1.82, 2.24) is 20.1 Å². The molecular formula is C17H24N4. The van der Waals surface area contributed by atoms with Gasteiger partial charge in [-0.25, -0.2) is 0 Å². The molecule has 1 aliphatic heterocycles. The van der Waals surface area contributed by atoms with E-state index in [0.29, 0.717) is 6.04 Å². The Balaban J connectivity index is 1.79. The van der Waals surface area contributed by atoms with Gasteiger partial charge < -0.3 is 5.32 Å². The maximum atomic E-state index is 4.60. The van der Waals surface area contributed by atoms with Crippen LogP contribution >= 0.6 is 0 Å². The van der Waals surface area contributed by atoms with Crippen molar-refractivity contribution in [1.29, 1.82) is 0 Å². The highest BCUT2D eigenvalue weighted by atomic mass is 15.3. The third kappa shape index (κ3) is 3.16. The van der Waals surface area contributed by atoms with Crippen molar-refractivity contribution in [2.75, 3.05) is 13.1 Å². The normalized spacial score (nSPS) is 17.1. The van der Waals surface area contributed by atoms with Crippen LogP contribution in [0.25, 0.3) is 11.1 Å². The molecule has 112 valence electrons. The van der Waals surface area contributed by atoms with Gasteiger partial charge in [-0.3, -0.25) is 9.67 Å². The molecule has 4 nitrogen and oxygen atoms in total. The zero-order chi connectivity index (χ0) is 14.9. The number of piperidine rings is 1. The van der Waals surface area contributed by atoms with Crippen LogP contribution in [0.2, 0.25) is 0 Å². The van der Waals surface area contributed by atoms with E-state index in [-0.39, 0.29) is 5.41 Å². The monoisotopic (exact) mass is 284 g/mol. The molecule has 0 aromatic carbocycles. The predicted octanol–water partition coefficient (Wildman–Crippen LogP) is 3.17. The second kappa shape index (κ2) is 5.60. The Morgan fingerprint density at radius 3 is 2.48 bits per heavy atom. The van der Waals surface area contributed by atoms with Gasteiger partial charge in [0.1, 0.15) is 0 Å². The molecule has 21 heavy (non-hydrogen) atoms. The number of rotatable bonds is 2. The maximum absolute atomic E-state index is 4.60. The molecule has 3 rings (SSSR count). The van der Waals surface area contributed by atoms with Crippen molar-refractivity contribution >= 4 is 0 Å². The third-order valence-electron chi connectivity index (χ3n) is 4.15. The minimum Gasteiger partial charge on any atom is -0.317 e. The highest BCUT2D eigenvalue weighted by Gasteiger charge is 2.17. The fourth-order valence-electron chi connectivity index (χ4n) is 2.77. The number of nitrogens with zero attached hydrogens (tertiary/aromatic N) is 3. The van der Waals surface area contributed by atoms with Gasteiger partial charge in [-0.05, 0) is 32.0 Å². The van der Waals surface area contributed by atoms with Gasteiger partial charge in [-0.1, -0.05) is 26.8 Å². The summed E-state index contributed by atoms with van der Waals surface area (Å²) < 4.78 is 2.12. The predicted molar refractivity (Wildman–Crippen MR) is 85.3 cm³/mol. The van der Waals surface area contributed by atoms with Gasteiger partial charge >= 0.3 is 0 Å². The summed E-state index contributed by atoms with van der Waals surface area (Å²) in [6.07, 6.45) is 8.38. The molecule has 2 aromatic heterocycles. The molecule has 2 aromatic rings. The molecule has 1 aliphatic rings. The van der Waals surface area contributed by atoms with Crippen molar-refractivity contribution in [3.05, 3.63) is 36.4 Å². The smallest absolute Gasteiger partial charge is 0.0569 e. The summed E-state index contributed by atoms with van der Waals surface area (Å²) in [5.74, 6) is 0. The second-order valence-corrected chi connectivity index (χ2v) is 6.87. The minimum atomic E-state index is 0.0950. The summed E-state index contributed by atoms with van der Waals surface area (Å²) >= 11 is 0. The summed E-state index contributed by atoms with van der Waals surface area (Å²) in [5, 5.41) is 7.94. The molecular weight excluding hydrogens is 260 g/mol. The van der Waals surface area contributed by atoms with Gasteiger partial charge in [0.15, 0.2) is 0 Å². The van der Waals surface area contributed by atoms with E-state index in [1.807, 2.05) is 12.4 Å². The van der Waals surface area contributed by atoms with Crippen molar-refractivity contribution in [2.24, 2.45) is 0 Å². The third-order valence-corrected chi connectivity index (χ3v) is 4.15. The van der Waals surface area contributed by atoms with E-state index >= 15 is 0 Å². The SMILES string of the molecule is CC(C)(C)c1ccc(-c2cnn(C3CCNCC3)c2)cn1. The van der Waals surface area contributed by atoms with Crippen LogP contribution in [-0.4, -0.2) is 27.9 Å². The molecule has 4 heteroatoms. The average molecular weight is 284 g/mol. The van der Waals surface area contributed by atoms with Crippen molar-refractivity contribution in [2.45, 2.75) is 45.1 Å². The van der Waals surface area contributed by atoms with Crippen molar-refractivity contribution < 1.29 is 0 Å². The van der Waals surface area contributed by atoms with Crippen LogP contribution in [0.4, 0.5) is 0 Å². The van der Waals surface area contributed by atoms with E-state index in [2.05, 4.69) is 59.2 Å². The molecule has 1 fully saturated rings. The highest BCUT2D eigenvalue weighted by Crippen LogP contribution is 2.25. The number of nitrogens with one attached hydrogen (secondary N) is 1. The molecule has 0 amide bonds. The lowest BCUT2D eigenvalue weighted by Crippen LogP contribution is -2.29. The van der Waals surface area contributed by atoms with Crippen LogP contribution in [0.1, 0.15) is 45.3 Å². The Morgan fingerprint density at radius 2 is 1.86 bits per heavy atom. The Hall–Kier alpha value is -1.68. The molecule has 1 saturated heterocycles. The van der Waals surface area contributed by atoms with Gasteiger partial charge in [0.25, 0.3) is 0 Å². The first-order valence-corrected chi connectivity index (χ1v) is 7.76. The van der Waals surface area contributed by atoms with Gasteiger partial charge in [-0.2, -0.15) is 5.10 Å². The molecule has 0 unspecified atom stereocenters. The minimum absolute atomic E-state index is 0.0950. The average Bonchev–Trinajstić information content (AvgIpc) is 2.97. The lowest BCUT2D eigenvalue weighted by Gasteiger charge is -2.22. The van der Waals surface area contributed by atoms with E-state index in [9.17, 15) is 0 Å². The van der Waals surface area contributed by atoms with Crippen LogP contribution in [0.5, 0.6) is 0 Å². The Labute approximate surface area is 126 Å². The van der Waals surface area contributed by atoms with Crippen molar-refractivity contribution in [3.8, 4) is 11.1 Å². The summed E-state index contributed by atoms with van der Waals surface area (Å²) in [5.41, 5.74) is 3.51. The summed E-state index contributed by atoms with van der Waals surface area (Å²) in [7, 11) is 0. The molecule has 0 spiro atoms. The Bertz CT molecular complexity index is 586. The van der Waals surface area contributed by atoms with E-state index in [1.165, 1.54) is 0 Å².